The minimum absolute atomic E-state index is 0.436. The van der Waals surface area contributed by atoms with E-state index in [1.807, 2.05) is 0 Å². The zero-order valence-electron chi connectivity index (χ0n) is 6.83. The van der Waals surface area contributed by atoms with Crippen LogP contribution in [0.4, 0.5) is 0 Å². The van der Waals surface area contributed by atoms with E-state index in [2.05, 4.69) is 5.06 Å². The molecule has 0 aromatic carbocycles. The summed E-state index contributed by atoms with van der Waals surface area (Å²) in [6, 6.07) is 1.07. The van der Waals surface area contributed by atoms with E-state index in [4.69, 9.17) is 10.6 Å². The molecule has 0 spiro atoms. The number of nitrogens with zero attached hydrogens (tertiary/aromatic N) is 1. The van der Waals surface area contributed by atoms with Crippen molar-refractivity contribution in [2.45, 2.75) is 37.8 Å². The summed E-state index contributed by atoms with van der Waals surface area (Å²) in [5, 5.41) is 2.13. The highest BCUT2D eigenvalue weighted by atomic mass is 16.7. The number of hydrogen-bond donors (Lipinski definition) is 1. The Morgan fingerprint density at radius 2 is 2.09 bits per heavy atom. The van der Waals surface area contributed by atoms with E-state index in [-0.39, 0.29) is 0 Å². The molecule has 3 nitrogen and oxygen atoms in total. The van der Waals surface area contributed by atoms with Crippen molar-refractivity contribution in [2.24, 2.45) is 5.73 Å². The smallest absolute Gasteiger partial charge is 0.0685 e. The fourth-order valence-corrected chi connectivity index (χ4v) is 1.77. The highest BCUT2D eigenvalue weighted by Crippen LogP contribution is 2.25. The monoisotopic (exact) mass is 156 g/mol. The standard InChI is InChI=1S/C8H16N2O/c9-7-5-8(6-7)10-3-1-2-4-11-10/h7-8H,1-6,9H2. The largest absolute Gasteiger partial charge is 0.328 e. The maximum absolute atomic E-state index is 5.69. The Balaban J connectivity index is 1.76. The molecule has 1 aliphatic carbocycles. The highest BCUT2D eigenvalue weighted by molar-refractivity contribution is 4.87. The first kappa shape index (κ1) is 7.53. The molecule has 1 saturated carbocycles. The summed E-state index contributed by atoms with van der Waals surface area (Å²) in [5.74, 6) is 0. The van der Waals surface area contributed by atoms with E-state index in [0.29, 0.717) is 12.1 Å². The van der Waals surface area contributed by atoms with Crippen molar-refractivity contribution < 1.29 is 4.84 Å². The van der Waals surface area contributed by atoms with Crippen molar-refractivity contribution in [3.8, 4) is 0 Å². The Kier molecular flexibility index (Phi) is 2.11. The van der Waals surface area contributed by atoms with Gasteiger partial charge in [-0.25, -0.2) is 0 Å². The van der Waals surface area contributed by atoms with Crippen molar-refractivity contribution >= 4 is 0 Å². The van der Waals surface area contributed by atoms with Crippen molar-refractivity contribution in [3.63, 3.8) is 0 Å². The number of hydroxylamine groups is 2. The molecule has 2 aliphatic rings. The van der Waals surface area contributed by atoms with E-state index < -0.39 is 0 Å². The van der Waals surface area contributed by atoms with Crippen LogP contribution in [0, 0.1) is 0 Å². The second-order valence-corrected chi connectivity index (χ2v) is 3.57. The van der Waals surface area contributed by atoms with Gasteiger partial charge in [-0.05, 0) is 25.7 Å². The van der Waals surface area contributed by atoms with Gasteiger partial charge in [0.25, 0.3) is 0 Å². The molecule has 2 rings (SSSR count). The van der Waals surface area contributed by atoms with Crippen LogP contribution in [0.3, 0.4) is 0 Å². The van der Waals surface area contributed by atoms with Gasteiger partial charge in [-0.15, -0.1) is 0 Å². The third-order valence-electron chi connectivity index (χ3n) is 2.59. The molecule has 2 N–H and O–H groups in total. The van der Waals surface area contributed by atoms with Crippen LogP contribution >= 0.6 is 0 Å². The Hall–Kier alpha value is -0.120. The SMILES string of the molecule is NC1CC(N2CCCCO2)C1. The lowest BCUT2D eigenvalue weighted by molar-refractivity contribution is -0.221. The molecular formula is C8H16N2O. The van der Waals surface area contributed by atoms with E-state index in [9.17, 15) is 0 Å². The number of rotatable bonds is 1. The summed E-state index contributed by atoms with van der Waals surface area (Å²) in [5.41, 5.74) is 5.69. The van der Waals surface area contributed by atoms with Crippen LogP contribution in [0.25, 0.3) is 0 Å². The van der Waals surface area contributed by atoms with Crippen molar-refractivity contribution in [2.75, 3.05) is 13.2 Å². The Labute approximate surface area is 67.4 Å². The summed E-state index contributed by atoms with van der Waals surface area (Å²) < 4.78 is 0. The molecule has 0 bridgehead atoms. The van der Waals surface area contributed by atoms with Crippen LogP contribution in [-0.2, 0) is 4.84 Å². The lowest BCUT2D eigenvalue weighted by atomic mass is 9.87. The molecule has 11 heavy (non-hydrogen) atoms. The predicted octanol–water partition coefficient (Wildman–Crippen LogP) is 0.503. The zero-order chi connectivity index (χ0) is 7.68. The molecule has 0 atom stereocenters. The third-order valence-corrected chi connectivity index (χ3v) is 2.59. The molecule has 0 aromatic heterocycles. The average molecular weight is 156 g/mol. The quantitative estimate of drug-likeness (QED) is 0.601. The van der Waals surface area contributed by atoms with Crippen molar-refractivity contribution in [3.05, 3.63) is 0 Å². The van der Waals surface area contributed by atoms with Crippen molar-refractivity contribution in [1.82, 2.24) is 5.06 Å². The van der Waals surface area contributed by atoms with Crippen molar-refractivity contribution in [1.29, 1.82) is 0 Å². The molecule has 0 aromatic rings. The summed E-state index contributed by atoms with van der Waals surface area (Å²) in [6.45, 7) is 2.02. The molecule has 2 fully saturated rings. The van der Waals surface area contributed by atoms with Crippen LogP contribution in [0.15, 0.2) is 0 Å². The fraction of sp³-hybridized carbons (Fsp3) is 1.00. The molecule has 0 radical (unpaired) electrons. The van der Waals surface area contributed by atoms with Gasteiger partial charge in [0, 0.05) is 18.6 Å². The fourth-order valence-electron chi connectivity index (χ4n) is 1.77. The van der Waals surface area contributed by atoms with Gasteiger partial charge in [0.15, 0.2) is 0 Å². The molecule has 3 heteroatoms. The van der Waals surface area contributed by atoms with Gasteiger partial charge in [0.1, 0.15) is 0 Å². The Bertz CT molecular complexity index is 128. The van der Waals surface area contributed by atoms with Gasteiger partial charge in [-0.2, -0.15) is 5.06 Å². The highest BCUT2D eigenvalue weighted by Gasteiger charge is 2.32. The first-order chi connectivity index (χ1) is 5.36. The Morgan fingerprint density at radius 3 is 2.64 bits per heavy atom. The third kappa shape index (κ3) is 1.55. The molecule has 1 heterocycles. The van der Waals surface area contributed by atoms with Crippen LogP contribution in [0.5, 0.6) is 0 Å². The van der Waals surface area contributed by atoms with Crippen LogP contribution in [0.2, 0.25) is 0 Å². The molecule has 0 amide bonds. The topological polar surface area (TPSA) is 38.5 Å². The van der Waals surface area contributed by atoms with E-state index in [1.165, 1.54) is 12.8 Å². The van der Waals surface area contributed by atoms with E-state index in [0.717, 1.165) is 26.0 Å². The van der Waals surface area contributed by atoms with Gasteiger partial charge in [0.2, 0.25) is 0 Å². The Morgan fingerprint density at radius 1 is 1.27 bits per heavy atom. The summed E-state index contributed by atoms with van der Waals surface area (Å²) in [7, 11) is 0. The minimum atomic E-state index is 0.436. The van der Waals surface area contributed by atoms with Crippen LogP contribution in [-0.4, -0.2) is 30.3 Å². The second-order valence-electron chi connectivity index (χ2n) is 3.57. The average Bonchev–Trinajstić information content (AvgIpc) is 2.01. The normalized spacial score (nSPS) is 40.1. The summed E-state index contributed by atoms with van der Waals surface area (Å²) in [4.78, 5) is 5.51. The molecular weight excluding hydrogens is 140 g/mol. The molecule has 64 valence electrons. The van der Waals surface area contributed by atoms with Crippen LogP contribution in [0.1, 0.15) is 25.7 Å². The minimum Gasteiger partial charge on any atom is -0.328 e. The zero-order valence-corrected chi connectivity index (χ0v) is 6.83. The summed E-state index contributed by atoms with van der Waals surface area (Å²) >= 11 is 0. The molecule has 1 saturated heterocycles. The van der Waals surface area contributed by atoms with Gasteiger partial charge < -0.3 is 5.73 Å². The lowest BCUT2D eigenvalue weighted by Crippen LogP contribution is -2.51. The first-order valence-corrected chi connectivity index (χ1v) is 4.51. The molecule has 0 unspecified atom stereocenters. The van der Waals surface area contributed by atoms with Gasteiger partial charge >= 0.3 is 0 Å². The second kappa shape index (κ2) is 3.09. The number of hydrogen-bond acceptors (Lipinski definition) is 3. The van der Waals surface area contributed by atoms with Crippen LogP contribution < -0.4 is 5.73 Å². The lowest BCUT2D eigenvalue weighted by Gasteiger charge is -2.41. The summed E-state index contributed by atoms with van der Waals surface area (Å²) in [6.07, 6.45) is 4.75. The van der Waals surface area contributed by atoms with E-state index in [1.54, 1.807) is 0 Å². The van der Waals surface area contributed by atoms with E-state index >= 15 is 0 Å². The first-order valence-electron chi connectivity index (χ1n) is 4.51. The maximum atomic E-state index is 5.69. The van der Waals surface area contributed by atoms with Gasteiger partial charge in [0.05, 0.1) is 6.61 Å². The molecule has 1 aliphatic heterocycles. The van der Waals surface area contributed by atoms with Gasteiger partial charge in [-0.1, -0.05) is 0 Å². The van der Waals surface area contributed by atoms with Gasteiger partial charge in [-0.3, -0.25) is 4.84 Å². The number of nitrogens with two attached hydrogens (primary N) is 1. The predicted molar refractivity (Wildman–Crippen MR) is 42.9 cm³/mol. The maximum Gasteiger partial charge on any atom is 0.0685 e.